The second-order valence-corrected chi connectivity index (χ2v) is 7.13. The van der Waals surface area contributed by atoms with E-state index in [1.165, 1.54) is 7.05 Å². The lowest BCUT2D eigenvalue weighted by Crippen LogP contribution is -2.28. The molecule has 0 aliphatic heterocycles. The Morgan fingerprint density at radius 2 is 1.59 bits per heavy atom. The normalized spacial score (nSPS) is 10.1. The van der Waals surface area contributed by atoms with E-state index in [2.05, 4.69) is 57.5 Å². The molecule has 6 N–H and O–H groups in total. The fourth-order valence-corrected chi connectivity index (χ4v) is 1.75. The molecule has 0 spiro atoms. The van der Waals surface area contributed by atoms with E-state index < -0.39 is 17.5 Å². The Kier molecular flexibility index (Phi) is 30.0. The molecule has 0 aromatic carbocycles. The highest BCUT2D eigenvalue weighted by atomic mass is 128. The summed E-state index contributed by atoms with van der Waals surface area (Å²) in [6.45, 7) is 4.79. The molecule has 0 fully saturated rings. The number of aliphatic carboxylic acids is 1. The Balaban J connectivity index is -0.000000213. The Labute approximate surface area is 245 Å². The fourth-order valence-electron chi connectivity index (χ4n) is 1.75. The van der Waals surface area contributed by atoms with Crippen LogP contribution in [0.1, 0.15) is 32.9 Å². The highest BCUT2D eigenvalue weighted by molar-refractivity contribution is 15.0. The monoisotopic (exact) mass is 757 g/mol. The van der Waals surface area contributed by atoms with Crippen molar-refractivity contribution < 1.29 is 28.8 Å². The second kappa shape index (κ2) is 26.1. The van der Waals surface area contributed by atoms with E-state index in [1.54, 1.807) is 54.7 Å². The van der Waals surface area contributed by atoms with Gasteiger partial charge in [0.2, 0.25) is 11.7 Å². The minimum atomic E-state index is -0.833. The maximum Gasteiger partial charge on any atom is 0.300 e. The third-order valence-corrected chi connectivity index (χ3v) is 4.14. The predicted octanol–water partition coefficient (Wildman–Crippen LogP) is 3.20. The van der Waals surface area contributed by atoms with Crippen molar-refractivity contribution in [2.75, 3.05) is 61.9 Å². The highest BCUT2D eigenvalue weighted by Crippen LogP contribution is 2.23. The number of guanidine groups is 1. The molecule has 15 heteroatoms. The first-order chi connectivity index (χ1) is 17.2. The van der Waals surface area contributed by atoms with Gasteiger partial charge in [0.05, 0.1) is 0 Å². The molecule has 1 rings (SSSR count). The molecule has 0 atom stereocenters. The topological polar surface area (TPSA) is 180 Å². The summed E-state index contributed by atoms with van der Waals surface area (Å²) < 4.78 is 20.8. The number of carboxylic acid groups (broad SMARTS) is 1. The third kappa shape index (κ3) is 25.9. The van der Waals surface area contributed by atoms with Gasteiger partial charge in [0, 0.05) is 113 Å². The molecule has 37 heavy (non-hydrogen) atoms. The van der Waals surface area contributed by atoms with Crippen LogP contribution < -0.4 is 16.8 Å². The largest absolute Gasteiger partial charge is 0.481 e. The van der Waals surface area contributed by atoms with E-state index in [4.69, 9.17) is 40.3 Å². The number of hydrogen-bond acceptors (Lipinski definition) is 10. The van der Waals surface area contributed by atoms with Crippen molar-refractivity contribution in [3.8, 4) is 0 Å². The number of nitrogens with zero attached hydrogens (tertiary/aromatic N) is 4. The molecule has 1 heterocycles. The lowest BCUT2D eigenvalue weighted by atomic mass is 10.2. The van der Waals surface area contributed by atoms with E-state index in [1.807, 2.05) is 38.2 Å². The lowest BCUT2D eigenvalue weighted by molar-refractivity contribution is -0.204. The fraction of sp³-hybridized carbons (Fsp3) is 0.636. The van der Waals surface area contributed by atoms with Gasteiger partial charge in [0.25, 0.3) is 5.97 Å². The van der Waals surface area contributed by atoms with E-state index in [0.717, 1.165) is 13.3 Å². The molecule has 0 unspecified atom stereocenters. The van der Waals surface area contributed by atoms with Crippen LogP contribution in [0.15, 0.2) is 29.5 Å². The van der Waals surface area contributed by atoms with Gasteiger partial charge in [-0.25, -0.2) is 9.97 Å². The number of rotatable bonds is 9. The number of aromatic nitrogens is 2. The summed E-state index contributed by atoms with van der Waals surface area (Å²) in [7, 11) is 13.7. The molecule has 0 radical (unpaired) electrons. The zero-order chi connectivity index (χ0) is 30.1. The summed E-state index contributed by atoms with van der Waals surface area (Å²) in [5.74, 6) is -1.48. The van der Waals surface area contributed by atoms with Crippen LogP contribution in [0.5, 0.6) is 0 Å². The van der Waals surface area contributed by atoms with E-state index in [9.17, 15) is 0 Å². The van der Waals surface area contributed by atoms with Gasteiger partial charge in [-0.05, 0) is 26.1 Å². The molecule has 0 bridgehead atoms. The molecular weight excluding hydrogens is 712 g/mol. The number of nitrogens with two attached hydrogens (primary N) is 2. The minimum absolute atomic E-state index is 0.130. The number of carbonyl (C=O) groups is 1. The molecule has 218 valence electrons. The summed E-state index contributed by atoms with van der Waals surface area (Å²) >= 11 is 4.24. The molecule has 0 saturated carbocycles. The van der Waals surface area contributed by atoms with Crippen LogP contribution in [0.3, 0.4) is 0 Å². The van der Waals surface area contributed by atoms with Gasteiger partial charge in [-0.15, -0.1) is 0 Å². The Bertz CT molecular complexity index is 740. The van der Waals surface area contributed by atoms with Crippen molar-refractivity contribution in [1.29, 1.82) is 0 Å². The van der Waals surface area contributed by atoms with Crippen LogP contribution >= 0.6 is 37.2 Å². The van der Waals surface area contributed by atoms with Gasteiger partial charge < -0.3 is 45.7 Å². The first-order valence-electron chi connectivity index (χ1n) is 10.6. The quantitative estimate of drug-likeness (QED) is 0.125. The number of methoxy groups -OCH3 is 4. The average Bonchev–Trinajstić information content (AvgIpc) is 2.89. The molecule has 0 amide bonds. The van der Waals surface area contributed by atoms with Crippen molar-refractivity contribution in [1.82, 2.24) is 14.9 Å². The summed E-state index contributed by atoms with van der Waals surface area (Å²) in [5.41, 5.74) is 10.3. The van der Waals surface area contributed by atoms with Crippen LogP contribution in [0.25, 0.3) is 0 Å². The zero-order valence-corrected chi connectivity index (χ0v) is 28.0. The van der Waals surface area contributed by atoms with Crippen molar-refractivity contribution in [2.45, 2.75) is 38.8 Å². The molecule has 0 aliphatic rings. The molecule has 1 aromatic rings. The van der Waals surface area contributed by atoms with Crippen LogP contribution in [0.4, 0.5) is 5.95 Å². The van der Waals surface area contributed by atoms with Crippen LogP contribution in [0, 0.1) is 0 Å². The predicted molar refractivity (Wildman–Crippen MR) is 166 cm³/mol. The third-order valence-electron chi connectivity index (χ3n) is 4.14. The number of aliphatic imine (C=N–C) groups is 1. The van der Waals surface area contributed by atoms with E-state index in [-0.39, 0.29) is 5.96 Å². The maximum atomic E-state index is 9.00. The highest BCUT2D eigenvalue weighted by Gasteiger charge is 2.27. The van der Waals surface area contributed by atoms with Crippen molar-refractivity contribution in [3.63, 3.8) is 0 Å². The average molecular weight is 757 g/mol. The second-order valence-electron chi connectivity index (χ2n) is 7.13. The lowest BCUT2D eigenvalue weighted by Gasteiger charge is -2.25. The van der Waals surface area contributed by atoms with Gasteiger partial charge >= 0.3 is 0 Å². The van der Waals surface area contributed by atoms with E-state index >= 15 is 0 Å². The summed E-state index contributed by atoms with van der Waals surface area (Å²) in [6, 6.07) is 1.76. The minimum Gasteiger partial charge on any atom is -0.481 e. The zero-order valence-electron chi connectivity index (χ0n) is 23.7. The van der Waals surface area contributed by atoms with Crippen molar-refractivity contribution >= 4 is 55.1 Å². The molecule has 1 aromatic heterocycles. The van der Waals surface area contributed by atoms with Gasteiger partial charge in [-0.1, -0.05) is 6.08 Å². The van der Waals surface area contributed by atoms with Crippen molar-refractivity contribution in [2.24, 2.45) is 16.5 Å². The number of anilines is 1. The van der Waals surface area contributed by atoms with Crippen LogP contribution in [0.2, 0.25) is 0 Å². The smallest absolute Gasteiger partial charge is 0.300 e. The number of ether oxygens (including phenoxy) is 4. The molecule has 0 saturated heterocycles. The number of carboxylic acids is 1. The van der Waals surface area contributed by atoms with Gasteiger partial charge in [-0.2, -0.15) is 0 Å². The number of halogens is 2. The summed E-state index contributed by atoms with van der Waals surface area (Å²) in [4.78, 5) is 22.6. The first-order valence-corrected chi connectivity index (χ1v) is 16.9. The summed E-state index contributed by atoms with van der Waals surface area (Å²) in [6.07, 6.45) is 6.41. The van der Waals surface area contributed by atoms with Gasteiger partial charge in [-0.3, -0.25) is 9.79 Å². The Morgan fingerprint density at radius 1 is 1.16 bits per heavy atom. The van der Waals surface area contributed by atoms with Crippen molar-refractivity contribution in [3.05, 3.63) is 30.2 Å². The number of nitrogens with one attached hydrogen (secondary N) is 1. The first kappa shape index (κ1) is 42.5. The van der Waals surface area contributed by atoms with Crippen LogP contribution in [-0.2, 0) is 29.5 Å². The summed E-state index contributed by atoms with van der Waals surface area (Å²) in [5, 5.41) is 10.3. The maximum absolute atomic E-state index is 9.00. The number of hydrogen-bond donors (Lipinski definition) is 4. The van der Waals surface area contributed by atoms with E-state index in [0.29, 0.717) is 11.6 Å². The SMILES string of the molecule is CC(=O)O.CN=C(N)N.CNc1nccc(C(C)(OC)OC)n1.COC(C)(C/C=C/N(C)C)OC.II. The molecule has 0 aliphatic carbocycles. The van der Waals surface area contributed by atoms with Crippen LogP contribution in [-0.4, -0.2) is 94.3 Å². The van der Waals surface area contributed by atoms with Gasteiger partial charge in [0.1, 0.15) is 5.69 Å². The molecule has 13 nitrogen and oxygen atoms in total. The standard InChI is InChI=1S/C9H15N3O2.C9H19NO2.C2H7N3.C2H4O2.I2/c1-9(13-3,14-4)7-5-6-11-8(10-2)12-7;1-9(11-4,12-5)7-6-8-10(2)3;1-5-2(3)4;1-2(3)4;1-2/h5-6H,1-4H3,(H,10,11,12);6,8H,7H2,1-5H3;1H3,(H4,3,4,5);1H3,(H,3,4);/b;8-6+;;;. The Morgan fingerprint density at radius 3 is 1.89 bits per heavy atom. The molecular formula is C22H45I2N7O6. The van der Waals surface area contributed by atoms with Gasteiger partial charge in [0.15, 0.2) is 11.7 Å². The Hall–Kier alpha value is -1.54.